The smallest absolute Gasteiger partial charge is 0.251 e. The SMILES string of the molecule is COc1ccccc1CCNC(=O)c1ccc2c(c1)NC(=O)CCO2. The van der Waals surface area contributed by atoms with Crippen LogP contribution in [0.25, 0.3) is 0 Å². The van der Waals surface area contributed by atoms with Crippen LogP contribution in [0.2, 0.25) is 0 Å². The average molecular weight is 340 g/mol. The van der Waals surface area contributed by atoms with Gasteiger partial charge in [-0.1, -0.05) is 18.2 Å². The fraction of sp³-hybridized carbons (Fsp3) is 0.263. The Hall–Kier alpha value is -3.02. The van der Waals surface area contributed by atoms with E-state index >= 15 is 0 Å². The van der Waals surface area contributed by atoms with Crippen molar-refractivity contribution in [1.29, 1.82) is 0 Å². The second kappa shape index (κ2) is 7.70. The topological polar surface area (TPSA) is 76.7 Å². The Morgan fingerprint density at radius 3 is 2.96 bits per heavy atom. The summed E-state index contributed by atoms with van der Waals surface area (Å²) in [6, 6.07) is 12.7. The standard InChI is InChI=1S/C19H20N2O4/c1-24-16-5-3-2-4-13(16)8-10-20-19(23)14-6-7-17-15(12-14)21-18(22)9-11-25-17/h2-7,12H,8-11H2,1H3,(H,20,23)(H,21,22). The van der Waals surface area contributed by atoms with Gasteiger partial charge in [0.2, 0.25) is 5.91 Å². The van der Waals surface area contributed by atoms with E-state index in [4.69, 9.17) is 9.47 Å². The van der Waals surface area contributed by atoms with E-state index in [0.717, 1.165) is 11.3 Å². The van der Waals surface area contributed by atoms with Gasteiger partial charge in [-0.25, -0.2) is 0 Å². The maximum absolute atomic E-state index is 12.3. The van der Waals surface area contributed by atoms with Gasteiger partial charge in [0.15, 0.2) is 0 Å². The van der Waals surface area contributed by atoms with Gasteiger partial charge in [-0.05, 0) is 36.2 Å². The molecule has 0 bridgehead atoms. The van der Waals surface area contributed by atoms with Gasteiger partial charge >= 0.3 is 0 Å². The molecule has 0 unspecified atom stereocenters. The molecule has 2 amide bonds. The molecule has 1 heterocycles. The first-order valence-electron chi connectivity index (χ1n) is 8.14. The van der Waals surface area contributed by atoms with Crippen LogP contribution in [0.1, 0.15) is 22.3 Å². The van der Waals surface area contributed by atoms with Gasteiger partial charge in [0.1, 0.15) is 11.5 Å². The largest absolute Gasteiger partial charge is 0.496 e. The maximum atomic E-state index is 12.3. The van der Waals surface area contributed by atoms with Crippen LogP contribution in [-0.2, 0) is 11.2 Å². The van der Waals surface area contributed by atoms with Crippen molar-refractivity contribution in [2.24, 2.45) is 0 Å². The molecule has 0 saturated carbocycles. The Kier molecular flexibility index (Phi) is 5.18. The summed E-state index contributed by atoms with van der Waals surface area (Å²) < 4.78 is 10.8. The zero-order valence-corrected chi connectivity index (χ0v) is 14.0. The zero-order chi connectivity index (χ0) is 17.6. The van der Waals surface area contributed by atoms with E-state index in [1.54, 1.807) is 25.3 Å². The summed E-state index contributed by atoms with van der Waals surface area (Å²) in [4.78, 5) is 24.0. The van der Waals surface area contributed by atoms with Crippen LogP contribution in [0.5, 0.6) is 11.5 Å². The number of fused-ring (bicyclic) bond motifs is 1. The number of hydrogen-bond acceptors (Lipinski definition) is 4. The first-order chi connectivity index (χ1) is 12.2. The summed E-state index contributed by atoms with van der Waals surface area (Å²) in [6.45, 7) is 0.822. The second-order valence-electron chi connectivity index (χ2n) is 5.68. The third kappa shape index (κ3) is 4.09. The minimum absolute atomic E-state index is 0.118. The van der Waals surface area contributed by atoms with Gasteiger partial charge in [-0.3, -0.25) is 9.59 Å². The van der Waals surface area contributed by atoms with E-state index in [1.807, 2.05) is 24.3 Å². The summed E-state index contributed by atoms with van der Waals surface area (Å²) in [5.41, 5.74) is 2.04. The Labute approximate surface area is 146 Å². The molecule has 0 fully saturated rings. The molecule has 6 heteroatoms. The molecule has 2 N–H and O–H groups in total. The van der Waals surface area contributed by atoms with Crippen molar-refractivity contribution >= 4 is 17.5 Å². The van der Waals surface area contributed by atoms with Crippen molar-refractivity contribution in [3.05, 3.63) is 53.6 Å². The highest BCUT2D eigenvalue weighted by Crippen LogP contribution is 2.28. The van der Waals surface area contributed by atoms with E-state index in [0.29, 0.717) is 43.0 Å². The molecule has 0 atom stereocenters. The zero-order valence-electron chi connectivity index (χ0n) is 14.0. The van der Waals surface area contributed by atoms with Gasteiger partial charge in [0, 0.05) is 12.1 Å². The molecule has 0 saturated heterocycles. The lowest BCUT2D eigenvalue weighted by molar-refractivity contribution is -0.116. The number of para-hydroxylation sites is 1. The van der Waals surface area contributed by atoms with Gasteiger partial charge in [0.05, 0.1) is 25.8 Å². The second-order valence-corrected chi connectivity index (χ2v) is 5.68. The minimum atomic E-state index is -0.198. The molecular weight excluding hydrogens is 320 g/mol. The number of rotatable bonds is 5. The number of hydrogen-bond donors (Lipinski definition) is 2. The molecule has 2 aromatic carbocycles. The number of carbonyl (C=O) groups is 2. The highest BCUT2D eigenvalue weighted by Gasteiger charge is 2.16. The Bertz CT molecular complexity index is 789. The van der Waals surface area contributed by atoms with E-state index < -0.39 is 0 Å². The Balaban J connectivity index is 1.63. The fourth-order valence-corrected chi connectivity index (χ4v) is 2.68. The van der Waals surface area contributed by atoms with Crippen molar-refractivity contribution in [3.8, 4) is 11.5 Å². The van der Waals surface area contributed by atoms with Crippen LogP contribution < -0.4 is 20.1 Å². The highest BCUT2D eigenvalue weighted by molar-refractivity contribution is 5.98. The summed E-state index contributed by atoms with van der Waals surface area (Å²) >= 11 is 0. The number of anilines is 1. The normalized spacial score (nSPS) is 13.1. The van der Waals surface area contributed by atoms with Crippen LogP contribution in [0.3, 0.4) is 0 Å². The van der Waals surface area contributed by atoms with Crippen molar-refractivity contribution in [2.75, 3.05) is 25.6 Å². The third-order valence-electron chi connectivity index (χ3n) is 3.97. The highest BCUT2D eigenvalue weighted by atomic mass is 16.5. The molecule has 2 aromatic rings. The molecule has 0 spiro atoms. The van der Waals surface area contributed by atoms with E-state index in [9.17, 15) is 9.59 Å². The fourth-order valence-electron chi connectivity index (χ4n) is 2.68. The van der Waals surface area contributed by atoms with Crippen molar-refractivity contribution < 1.29 is 19.1 Å². The number of benzene rings is 2. The molecule has 3 rings (SSSR count). The van der Waals surface area contributed by atoms with Crippen molar-refractivity contribution in [2.45, 2.75) is 12.8 Å². The summed E-state index contributed by atoms with van der Waals surface area (Å²) in [5.74, 6) is 1.07. The van der Waals surface area contributed by atoms with Crippen LogP contribution >= 0.6 is 0 Å². The molecule has 1 aliphatic rings. The molecule has 6 nitrogen and oxygen atoms in total. The molecule has 0 radical (unpaired) electrons. The van der Waals surface area contributed by atoms with Gasteiger partial charge < -0.3 is 20.1 Å². The lowest BCUT2D eigenvalue weighted by Crippen LogP contribution is -2.26. The number of methoxy groups -OCH3 is 1. The molecule has 0 aromatic heterocycles. The number of nitrogens with one attached hydrogen (secondary N) is 2. The first kappa shape index (κ1) is 16.8. The molecular formula is C19H20N2O4. The van der Waals surface area contributed by atoms with Crippen LogP contribution in [0, 0.1) is 0 Å². The molecule has 25 heavy (non-hydrogen) atoms. The minimum Gasteiger partial charge on any atom is -0.496 e. The number of amides is 2. The maximum Gasteiger partial charge on any atom is 0.251 e. The Morgan fingerprint density at radius 2 is 2.12 bits per heavy atom. The van der Waals surface area contributed by atoms with Gasteiger partial charge in [-0.2, -0.15) is 0 Å². The average Bonchev–Trinajstić information content (AvgIpc) is 2.81. The quantitative estimate of drug-likeness (QED) is 0.876. The van der Waals surface area contributed by atoms with E-state index in [-0.39, 0.29) is 11.8 Å². The van der Waals surface area contributed by atoms with Gasteiger partial charge in [0.25, 0.3) is 5.91 Å². The van der Waals surface area contributed by atoms with Gasteiger partial charge in [-0.15, -0.1) is 0 Å². The molecule has 0 aliphatic carbocycles. The molecule has 130 valence electrons. The summed E-state index contributed by atoms with van der Waals surface area (Å²) in [7, 11) is 1.63. The van der Waals surface area contributed by atoms with Crippen LogP contribution in [0.15, 0.2) is 42.5 Å². The van der Waals surface area contributed by atoms with Crippen LogP contribution in [-0.4, -0.2) is 32.1 Å². The third-order valence-corrected chi connectivity index (χ3v) is 3.97. The number of ether oxygens (including phenoxy) is 2. The lowest BCUT2D eigenvalue weighted by Gasteiger charge is -2.11. The Morgan fingerprint density at radius 1 is 1.28 bits per heavy atom. The lowest BCUT2D eigenvalue weighted by atomic mass is 10.1. The molecule has 1 aliphatic heterocycles. The van der Waals surface area contributed by atoms with E-state index in [1.165, 1.54) is 0 Å². The monoisotopic (exact) mass is 340 g/mol. The summed E-state index contributed by atoms with van der Waals surface area (Å²) in [5, 5.41) is 5.64. The van der Waals surface area contributed by atoms with Crippen molar-refractivity contribution in [1.82, 2.24) is 5.32 Å². The van der Waals surface area contributed by atoms with E-state index in [2.05, 4.69) is 10.6 Å². The predicted molar refractivity (Wildman–Crippen MR) is 94.2 cm³/mol. The summed E-state index contributed by atoms with van der Waals surface area (Å²) in [6.07, 6.45) is 0.968. The van der Waals surface area contributed by atoms with Crippen molar-refractivity contribution in [3.63, 3.8) is 0 Å². The number of carbonyl (C=O) groups excluding carboxylic acids is 2. The first-order valence-corrected chi connectivity index (χ1v) is 8.14. The van der Waals surface area contributed by atoms with Crippen LogP contribution in [0.4, 0.5) is 5.69 Å². The predicted octanol–water partition coefficient (Wildman–Crippen LogP) is 2.39.